The molecule has 1 aromatic heterocycles. The van der Waals surface area contributed by atoms with Gasteiger partial charge >= 0.3 is 5.97 Å². The molecule has 1 heterocycles. The van der Waals surface area contributed by atoms with Crippen LogP contribution in [0.1, 0.15) is 51.5 Å². The number of ether oxygens (including phenoxy) is 2. The SMILES string of the molecule is CC(=O)c1c(C)[nH]c(C(=O)[C@H](C)OC(=O)COc2ccc(Cl)cc2C)c1C. The van der Waals surface area contributed by atoms with E-state index in [0.29, 0.717) is 27.6 Å². The van der Waals surface area contributed by atoms with E-state index in [0.717, 1.165) is 5.56 Å². The quantitative estimate of drug-likeness (QED) is 0.569. The molecule has 2 rings (SSSR count). The summed E-state index contributed by atoms with van der Waals surface area (Å²) in [5.41, 5.74) is 2.71. The maximum atomic E-state index is 12.6. The van der Waals surface area contributed by atoms with Crippen LogP contribution in [0.5, 0.6) is 5.75 Å². The molecule has 0 unspecified atom stereocenters. The standard InChI is InChI=1S/C20H22ClNO5/c1-10-8-15(21)6-7-16(10)26-9-17(24)27-14(5)20(25)19-11(2)18(13(4)23)12(3)22-19/h6-8,14,22H,9H2,1-5H3/t14-/m0/s1. The molecule has 0 aliphatic carbocycles. The number of esters is 1. The molecule has 0 fully saturated rings. The van der Waals surface area contributed by atoms with Crippen LogP contribution in [-0.4, -0.2) is 35.2 Å². The topological polar surface area (TPSA) is 85.5 Å². The molecule has 7 heteroatoms. The first kappa shape index (κ1) is 20.7. The average Bonchev–Trinajstić information content (AvgIpc) is 2.87. The molecular formula is C20H22ClNO5. The summed E-state index contributed by atoms with van der Waals surface area (Å²) in [4.78, 5) is 39.2. The largest absolute Gasteiger partial charge is 0.482 e. The van der Waals surface area contributed by atoms with E-state index in [-0.39, 0.29) is 18.1 Å². The van der Waals surface area contributed by atoms with Crippen molar-refractivity contribution < 1.29 is 23.9 Å². The molecule has 0 aliphatic rings. The zero-order chi connectivity index (χ0) is 20.3. The lowest BCUT2D eigenvalue weighted by molar-refractivity contribution is -0.148. The van der Waals surface area contributed by atoms with E-state index in [1.54, 1.807) is 32.0 Å². The summed E-state index contributed by atoms with van der Waals surface area (Å²) in [6.45, 7) is 7.81. The Bertz CT molecular complexity index is 900. The number of halogens is 1. The molecule has 1 atom stereocenters. The van der Waals surface area contributed by atoms with Crippen molar-refractivity contribution >= 4 is 29.1 Å². The van der Waals surface area contributed by atoms with Crippen molar-refractivity contribution in [3.8, 4) is 5.75 Å². The van der Waals surface area contributed by atoms with Gasteiger partial charge in [0.2, 0.25) is 5.78 Å². The Balaban J connectivity index is 2.01. The Labute approximate surface area is 162 Å². The smallest absolute Gasteiger partial charge is 0.344 e. The number of carbonyl (C=O) groups excluding carboxylic acids is 3. The van der Waals surface area contributed by atoms with Crippen molar-refractivity contribution in [1.29, 1.82) is 0 Å². The number of aromatic nitrogens is 1. The lowest BCUT2D eigenvalue weighted by Crippen LogP contribution is -2.28. The van der Waals surface area contributed by atoms with E-state index >= 15 is 0 Å². The zero-order valence-electron chi connectivity index (χ0n) is 15.9. The van der Waals surface area contributed by atoms with Crippen LogP contribution < -0.4 is 4.74 Å². The number of ketones is 2. The van der Waals surface area contributed by atoms with E-state index in [4.69, 9.17) is 21.1 Å². The Kier molecular flexibility index (Phi) is 6.44. The lowest BCUT2D eigenvalue weighted by Gasteiger charge is -2.13. The molecule has 0 spiro atoms. The molecule has 0 aliphatic heterocycles. The van der Waals surface area contributed by atoms with Gasteiger partial charge in [-0.1, -0.05) is 11.6 Å². The molecule has 0 bridgehead atoms. The van der Waals surface area contributed by atoms with Crippen molar-refractivity contribution in [3.63, 3.8) is 0 Å². The van der Waals surface area contributed by atoms with Crippen LogP contribution in [0.2, 0.25) is 5.02 Å². The Morgan fingerprint density at radius 1 is 1.19 bits per heavy atom. The van der Waals surface area contributed by atoms with Crippen LogP contribution in [0, 0.1) is 20.8 Å². The summed E-state index contributed by atoms with van der Waals surface area (Å²) >= 11 is 5.88. The predicted octanol–water partition coefficient (Wildman–Crippen LogP) is 3.99. The first-order chi connectivity index (χ1) is 12.6. The number of Topliss-reactive ketones (excluding diaryl/α,β-unsaturated/α-hetero) is 2. The maximum Gasteiger partial charge on any atom is 0.344 e. The van der Waals surface area contributed by atoms with Gasteiger partial charge in [0.25, 0.3) is 0 Å². The number of carbonyl (C=O) groups is 3. The molecule has 1 N–H and O–H groups in total. The number of hydrogen-bond acceptors (Lipinski definition) is 5. The van der Waals surface area contributed by atoms with Gasteiger partial charge in [-0.05, 0) is 63.9 Å². The Hall–Kier alpha value is -2.60. The van der Waals surface area contributed by atoms with E-state index in [1.165, 1.54) is 13.8 Å². The van der Waals surface area contributed by atoms with Crippen molar-refractivity contribution in [2.75, 3.05) is 6.61 Å². The van der Waals surface area contributed by atoms with Gasteiger partial charge in [-0.25, -0.2) is 4.79 Å². The fourth-order valence-electron chi connectivity index (χ4n) is 2.92. The number of rotatable bonds is 7. The first-order valence-corrected chi connectivity index (χ1v) is 8.82. The molecule has 6 nitrogen and oxygen atoms in total. The molecule has 0 saturated carbocycles. The number of aryl methyl sites for hydroxylation is 2. The maximum absolute atomic E-state index is 12.6. The highest BCUT2D eigenvalue weighted by Gasteiger charge is 2.26. The molecule has 144 valence electrons. The van der Waals surface area contributed by atoms with E-state index in [2.05, 4.69) is 4.98 Å². The van der Waals surface area contributed by atoms with Crippen molar-refractivity contribution in [2.24, 2.45) is 0 Å². The molecule has 27 heavy (non-hydrogen) atoms. The predicted molar refractivity (Wildman–Crippen MR) is 102 cm³/mol. The molecule has 0 saturated heterocycles. The number of H-pyrrole nitrogens is 1. The van der Waals surface area contributed by atoms with Gasteiger partial charge in [0.15, 0.2) is 18.5 Å². The minimum Gasteiger partial charge on any atom is -0.482 e. The number of aromatic amines is 1. The van der Waals surface area contributed by atoms with Crippen LogP contribution in [0.15, 0.2) is 18.2 Å². The van der Waals surface area contributed by atoms with Gasteiger partial charge in [-0.3, -0.25) is 9.59 Å². The third-order valence-electron chi connectivity index (χ3n) is 4.20. The van der Waals surface area contributed by atoms with Crippen molar-refractivity contribution in [1.82, 2.24) is 4.98 Å². The average molecular weight is 392 g/mol. The lowest BCUT2D eigenvalue weighted by atomic mass is 10.0. The van der Waals surface area contributed by atoms with Crippen LogP contribution in [-0.2, 0) is 9.53 Å². The van der Waals surface area contributed by atoms with Crippen LogP contribution >= 0.6 is 11.6 Å². The first-order valence-electron chi connectivity index (χ1n) is 8.44. The summed E-state index contributed by atoms with van der Waals surface area (Å²) in [7, 11) is 0. The van der Waals surface area contributed by atoms with Gasteiger partial charge < -0.3 is 14.5 Å². The summed E-state index contributed by atoms with van der Waals surface area (Å²) in [6.07, 6.45) is -1.01. The summed E-state index contributed by atoms with van der Waals surface area (Å²) in [5.74, 6) is -0.689. The molecule has 0 radical (unpaired) electrons. The van der Waals surface area contributed by atoms with E-state index in [1.807, 2.05) is 6.92 Å². The highest BCUT2D eigenvalue weighted by atomic mass is 35.5. The van der Waals surface area contributed by atoms with Crippen LogP contribution in [0.25, 0.3) is 0 Å². The second-order valence-electron chi connectivity index (χ2n) is 6.38. The molecule has 1 aromatic carbocycles. The summed E-state index contributed by atoms with van der Waals surface area (Å²) in [5, 5.41) is 0.572. The van der Waals surface area contributed by atoms with Gasteiger partial charge in [0, 0.05) is 16.3 Å². The fraction of sp³-hybridized carbons (Fsp3) is 0.350. The van der Waals surface area contributed by atoms with Gasteiger partial charge in [-0.15, -0.1) is 0 Å². The van der Waals surface area contributed by atoms with Gasteiger partial charge in [0.05, 0.1) is 5.69 Å². The van der Waals surface area contributed by atoms with E-state index in [9.17, 15) is 14.4 Å². The fourth-order valence-corrected chi connectivity index (χ4v) is 3.15. The van der Waals surface area contributed by atoms with Crippen molar-refractivity contribution in [3.05, 3.63) is 51.3 Å². The van der Waals surface area contributed by atoms with Gasteiger partial charge in [-0.2, -0.15) is 0 Å². The monoisotopic (exact) mass is 391 g/mol. The number of benzene rings is 1. The highest BCUT2D eigenvalue weighted by molar-refractivity contribution is 6.30. The summed E-state index contributed by atoms with van der Waals surface area (Å²) < 4.78 is 10.6. The van der Waals surface area contributed by atoms with Crippen LogP contribution in [0.3, 0.4) is 0 Å². The normalized spacial score (nSPS) is 11.8. The van der Waals surface area contributed by atoms with E-state index < -0.39 is 17.9 Å². The minimum absolute atomic E-state index is 0.128. The van der Waals surface area contributed by atoms with Crippen molar-refractivity contribution in [2.45, 2.75) is 40.7 Å². The van der Waals surface area contributed by atoms with Crippen LogP contribution in [0.4, 0.5) is 0 Å². The minimum atomic E-state index is -1.01. The molecule has 2 aromatic rings. The Morgan fingerprint density at radius 3 is 2.41 bits per heavy atom. The molecule has 0 amide bonds. The molecular weight excluding hydrogens is 370 g/mol. The highest BCUT2D eigenvalue weighted by Crippen LogP contribution is 2.22. The summed E-state index contributed by atoms with van der Waals surface area (Å²) in [6, 6.07) is 5.04. The van der Waals surface area contributed by atoms with Gasteiger partial charge in [0.1, 0.15) is 5.75 Å². The number of hydrogen-bond donors (Lipinski definition) is 1. The third-order valence-corrected chi connectivity index (χ3v) is 4.43. The second-order valence-corrected chi connectivity index (χ2v) is 6.81. The third kappa shape index (κ3) is 4.77. The Morgan fingerprint density at radius 2 is 1.85 bits per heavy atom. The zero-order valence-corrected chi connectivity index (χ0v) is 16.7. The second kappa shape index (κ2) is 8.39. The number of nitrogens with one attached hydrogen (secondary N) is 1.